The van der Waals surface area contributed by atoms with Gasteiger partial charge in [0.15, 0.2) is 0 Å². The van der Waals surface area contributed by atoms with Gasteiger partial charge >= 0.3 is 0 Å². The van der Waals surface area contributed by atoms with Crippen LogP contribution >= 0.6 is 0 Å². The number of aryl methyl sites for hydroxylation is 2. The minimum Gasteiger partial charge on any atom is -0.374 e. The second-order valence-electron chi connectivity index (χ2n) is 5.62. The van der Waals surface area contributed by atoms with E-state index in [0.29, 0.717) is 0 Å². The van der Waals surface area contributed by atoms with Crippen molar-refractivity contribution in [2.75, 3.05) is 19.7 Å². The van der Waals surface area contributed by atoms with Crippen molar-refractivity contribution in [2.24, 2.45) is 0 Å². The second-order valence-corrected chi connectivity index (χ2v) is 5.62. The van der Waals surface area contributed by atoms with Gasteiger partial charge in [-0.25, -0.2) is 0 Å². The Bertz CT molecular complexity index is 580. The Morgan fingerprint density at radius 3 is 2.86 bits per heavy atom. The number of hydrogen-bond donors (Lipinski definition) is 0. The van der Waals surface area contributed by atoms with E-state index < -0.39 is 0 Å². The van der Waals surface area contributed by atoms with Crippen molar-refractivity contribution in [1.82, 2.24) is 24.6 Å². The van der Waals surface area contributed by atoms with E-state index in [-0.39, 0.29) is 6.10 Å². The van der Waals surface area contributed by atoms with Gasteiger partial charge < -0.3 is 4.74 Å². The van der Waals surface area contributed by atoms with E-state index >= 15 is 0 Å². The molecular formula is C15H21N5O. The zero-order chi connectivity index (χ0) is 14.7. The molecule has 1 atom stereocenters. The Balaban J connectivity index is 1.56. The fourth-order valence-electron chi connectivity index (χ4n) is 2.54. The van der Waals surface area contributed by atoms with Gasteiger partial charge in [-0.05, 0) is 19.4 Å². The lowest BCUT2D eigenvalue weighted by Gasteiger charge is -2.32. The van der Waals surface area contributed by atoms with Crippen molar-refractivity contribution in [1.29, 1.82) is 0 Å². The van der Waals surface area contributed by atoms with Crippen LogP contribution in [0.5, 0.6) is 0 Å². The molecule has 21 heavy (non-hydrogen) atoms. The summed E-state index contributed by atoms with van der Waals surface area (Å²) in [6, 6.07) is 0. The predicted octanol–water partition coefficient (Wildman–Crippen LogP) is 1.19. The molecule has 0 spiro atoms. The van der Waals surface area contributed by atoms with E-state index in [4.69, 9.17) is 4.74 Å². The second kappa shape index (κ2) is 6.32. The molecule has 3 rings (SSSR count). The van der Waals surface area contributed by atoms with Crippen molar-refractivity contribution < 1.29 is 4.74 Å². The van der Waals surface area contributed by atoms with E-state index in [9.17, 15) is 0 Å². The third-order valence-electron chi connectivity index (χ3n) is 3.60. The fraction of sp³-hybridized carbons (Fsp3) is 0.533. The highest BCUT2D eigenvalue weighted by Crippen LogP contribution is 2.11. The van der Waals surface area contributed by atoms with Gasteiger partial charge in [0.05, 0.1) is 36.8 Å². The molecule has 0 radical (unpaired) electrons. The average molecular weight is 287 g/mol. The molecule has 1 aliphatic rings. The monoisotopic (exact) mass is 287 g/mol. The molecule has 1 saturated heterocycles. The lowest BCUT2D eigenvalue weighted by Crippen LogP contribution is -2.43. The Hall–Kier alpha value is -1.79. The van der Waals surface area contributed by atoms with E-state index in [1.165, 1.54) is 5.56 Å². The van der Waals surface area contributed by atoms with Crippen molar-refractivity contribution in [3.05, 3.63) is 41.7 Å². The summed E-state index contributed by atoms with van der Waals surface area (Å²) in [6.45, 7) is 8.21. The standard InChI is InChI=1S/C15H21N5O/c1-12-5-18-20(8-12)11-15-10-19(3-4-21-15)9-14-7-16-13(2)6-17-14/h5-8,15H,3-4,9-11H2,1-2H3. The SMILES string of the molecule is Cc1cnn(CC2CN(Cc3cnc(C)cn3)CCO2)c1. The van der Waals surface area contributed by atoms with Crippen LogP contribution in [0.2, 0.25) is 0 Å². The highest BCUT2D eigenvalue weighted by atomic mass is 16.5. The molecule has 6 nitrogen and oxygen atoms in total. The summed E-state index contributed by atoms with van der Waals surface area (Å²) < 4.78 is 7.79. The third-order valence-corrected chi connectivity index (χ3v) is 3.60. The number of morpholine rings is 1. The van der Waals surface area contributed by atoms with E-state index in [1.807, 2.05) is 43.3 Å². The Kier molecular flexibility index (Phi) is 4.26. The smallest absolute Gasteiger partial charge is 0.0898 e. The summed E-state index contributed by atoms with van der Waals surface area (Å²) in [5.41, 5.74) is 3.14. The first-order chi connectivity index (χ1) is 10.2. The van der Waals surface area contributed by atoms with Gasteiger partial charge in [0.25, 0.3) is 0 Å². The van der Waals surface area contributed by atoms with Gasteiger partial charge in [-0.1, -0.05) is 0 Å². The summed E-state index contributed by atoms with van der Waals surface area (Å²) in [5, 5.41) is 4.32. The molecule has 1 unspecified atom stereocenters. The maximum atomic E-state index is 5.84. The first kappa shape index (κ1) is 14.2. The zero-order valence-corrected chi connectivity index (χ0v) is 12.6. The Labute approximate surface area is 124 Å². The lowest BCUT2D eigenvalue weighted by atomic mass is 10.2. The van der Waals surface area contributed by atoms with Crippen molar-refractivity contribution in [3.8, 4) is 0 Å². The molecule has 0 saturated carbocycles. The number of nitrogens with zero attached hydrogens (tertiary/aromatic N) is 5. The maximum Gasteiger partial charge on any atom is 0.0898 e. The van der Waals surface area contributed by atoms with Crippen LogP contribution in [0.3, 0.4) is 0 Å². The quantitative estimate of drug-likeness (QED) is 0.845. The van der Waals surface area contributed by atoms with Gasteiger partial charge in [-0.15, -0.1) is 0 Å². The van der Waals surface area contributed by atoms with Crippen LogP contribution in [0.4, 0.5) is 0 Å². The molecule has 1 fully saturated rings. The van der Waals surface area contributed by atoms with Gasteiger partial charge in [-0.2, -0.15) is 5.10 Å². The summed E-state index contributed by atoms with van der Waals surface area (Å²) in [4.78, 5) is 11.1. The van der Waals surface area contributed by atoms with E-state index in [0.717, 1.165) is 44.2 Å². The van der Waals surface area contributed by atoms with Crippen molar-refractivity contribution >= 4 is 0 Å². The first-order valence-electron chi connectivity index (χ1n) is 7.29. The lowest BCUT2D eigenvalue weighted by molar-refractivity contribution is -0.0405. The van der Waals surface area contributed by atoms with Crippen LogP contribution in [0.25, 0.3) is 0 Å². The highest BCUT2D eigenvalue weighted by Gasteiger charge is 2.21. The molecular weight excluding hydrogens is 266 g/mol. The fourth-order valence-corrected chi connectivity index (χ4v) is 2.54. The number of ether oxygens (including phenoxy) is 1. The maximum absolute atomic E-state index is 5.84. The molecule has 0 bridgehead atoms. The normalized spacial score (nSPS) is 19.8. The summed E-state index contributed by atoms with van der Waals surface area (Å²) >= 11 is 0. The Morgan fingerprint density at radius 1 is 1.24 bits per heavy atom. The predicted molar refractivity (Wildman–Crippen MR) is 78.8 cm³/mol. The molecule has 112 valence electrons. The third kappa shape index (κ3) is 3.86. The van der Waals surface area contributed by atoms with Crippen LogP contribution in [0.1, 0.15) is 17.0 Å². The number of hydrogen-bond acceptors (Lipinski definition) is 5. The number of rotatable bonds is 4. The van der Waals surface area contributed by atoms with Gasteiger partial charge in [0, 0.05) is 38.2 Å². The molecule has 2 aromatic rings. The summed E-state index contributed by atoms with van der Waals surface area (Å²) in [7, 11) is 0. The van der Waals surface area contributed by atoms with E-state index in [2.05, 4.69) is 20.0 Å². The Morgan fingerprint density at radius 2 is 2.14 bits per heavy atom. The van der Waals surface area contributed by atoms with Crippen molar-refractivity contribution in [3.63, 3.8) is 0 Å². The van der Waals surface area contributed by atoms with Crippen LogP contribution in [-0.4, -0.2) is 50.4 Å². The molecule has 2 aromatic heterocycles. The molecule has 3 heterocycles. The molecule has 1 aliphatic heterocycles. The van der Waals surface area contributed by atoms with Crippen LogP contribution in [-0.2, 0) is 17.8 Å². The summed E-state index contributed by atoms with van der Waals surface area (Å²) in [5.74, 6) is 0. The molecule has 0 aliphatic carbocycles. The largest absolute Gasteiger partial charge is 0.374 e. The number of aromatic nitrogens is 4. The minimum absolute atomic E-state index is 0.177. The van der Waals surface area contributed by atoms with Crippen LogP contribution in [0.15, 0.2) is 24.8 Å². The van der Waals surface area contributed by atoms with E-state index in [1.54, 1.807) is 0 Å². The molecule has 6 heteroatoms. The topological polar surface area (TPSA) is 56.1 Å². The van der Waals surface area contributed by atoms with Gasteiger partial charge in [0.1, 0.15) is 0 Å². The van der Waals surface area contributed by atoms with Crippen molar-refractivity contribution in [2.45, 2.75) is 33.0 Å². The zero-order valence-electron chi connectivity index (χ0n) is 12.6. The molecule has 0 amide bonds. The summed E-state index contributed by atoms with van der Waals surface area (Å²) in [6.07, 6.45) is 7.78. The van der Waals surface area contributed by atoms with Crippen LogP contribution < -0.4 is 0 Å². The minimum atomic E-state index is 0.177. The van der Waals surface area contributed by atoms with Gasteiger partial charge in [-0.3, -0.25) is 19.5 Å². The molecule has 0 aromatic carbocycles. The van der Waals surface area contributed by atoms with Crippen LogP contribution in [0, 0.1) is 13.8 Å². The van der Waals surface area contributed by atoms with Gasteiger partial charge in [0.2, 0.25) is 0 Å². The first-order valence-corrected chi connectivity index (χ1v) is 7.29. The average Bonchev–Trinajstić information content (AvgIpc) is 2.87. The molecule has 0 N–H and O–H groups in total. The highest BCUT2D eigenvalue weighted by molar-refractivity contribution is 5.01.